The summed E-state index contributed by atoms with van der Waals surface area (Å²) in [5, 5.41) is 0.313. The van der Waals surface area contributed by atoms with Crippen LogP contribution >= 0.6 is 11.8 Å². The van der Waals surface area contributed by atoms with Crippen molar-refractivity contribution in [2.75, 3.05) is 26.1 Å². The number of hydrogen-bond donors (Lipinski definition) is 0. The van der Waals surface area contributed by atoms with Crippen LogP contribution in [0.15, 0.2) is 29.3 Å². The predicted molar refractivity (Wildman–Crippen MR) is 107 cm³/mol. The number of unbranched alkanes of at least 4 members (excludes halogenated alkanes) is 4. The van der Waals surface area contributed by atoms with Gasteiger partial charge >= 0.3 is 5.97 Å². The number of benzene rings is 1. The van der Waals surface area contributed by atoms with Crippen LogP contribution in [0.25, 0.3) is 0 Å². The van der Waals surface area contributed by atoms with Gasteiger partial charge in [-0.25, -0.2) is 4.79 Å². The number of rotatable bonds is 12. The van der Waals surface area contributed by atoms with Gasteiger partial charge in [0.15, 0.2) is 12.6 Å². The number of nitrogens with zero attached hydrogens (tertiary/aromatic N) is 1. The van der Waals surface area contributed by atoms with E-state index in [1.165, 1.54) is 44.6 Å². The fraction of sp³-hybridized carbons (Fsp3) is 0.550. The SMILES string of the molecule is CCCCCCCOc1ccc(OCC(=O)C2=NC(C(=O)OC)CS2)cc1. The lowest BCUT2D eigenvalue weighted by atomic mass is 10.2. The van der Waals surface area contributed by atoms with E-state index >= 15 is 0 Å². The Morgan fingerprint density at radius 1 is 1.07 bits per heavy atom. The molecule has 1 aromatic rings. The summed E-state index contributed by atoms with van der Waals surface area (Å²) >= 11 is 1.26. The Labute approximate surface area is 164 Å². The summed E-state index contributed by atoms with van der Waals surface area (Å²) < 4.78 is 15.9. The number of thioether (sulfide) groups is 1. The van der Waals surface area contributed by atoms with Gasteiger partial charge in [-0.1, -0.05) is 32.6 Å². The van der Waals surface area contributed by atoms with Crippen LogP contribution < -0.4 is 9.47 Å². The van der Waals surface area contributed by atoms with E-state index < -0.39 is 12.0 Å². The van der Waals surface area contributed by atoms with E-state index in [0.29, 0.717) is 23.2 Å². The number of carbonyl (C=O) groups is 2. The van der Waals surface area contributed by atoms with Gasteiger partial charge in [0.05, 0.1) is 13.7 Å². The minimum atomic E-state index is -0.600. The second-order valence-electron chi connectivity index (χ2n) is 6.23. The zero-order valence-corrected chi connectivity index (χ0v) is 16.8. The zero-order chi connectivity index (χ0) is 19.5. The van der Waals surface area contributed by atoms with Crippen LogP contribution in [0.4, 0.5) is 0 Å². The van der Waals surface area contributed by atoms with Gasteiger partial charge < -0.3 is 14.2 Å². The molecule has 27 heavy (non-hydrogen) atoms. The number of ether oxygens (including phenoxy) is 3. The molecule has 2 rings (SSSR count). The van der Waals surface area contributed by atoms with E-state index in [0.717, 1.165) is 12.2 Å². The minimum absolute atomic E-state index is 0.114. The van der Waals surface area contributed by atoms with Crippen molar-refractivity contribution in [1.82, 2.24) is 0 Å². The van der Waals surface area contributed by atoms with Gasteiger partial charge in [0.2, 0.25) is 5.78 Å². The smallest absolute Gasteiger partial charge is 0.331 e. The van der Waals surface area contributed by atoms with Crippen molar-refractivity contribution < 1.29 is 23.8 Å². The Bertz CT molecular complexity index is 644. The van der Waals surface area contributed by atoms with E-state index in [9.17, 15) is 9.59 Å². The predicted octanol–water partition coefficient (Wildman–Crippen LogP) is 3.67. The van der Waals surface area contributed by atoms with Crippen molar-refractivity contribution in [2.45, 2.75) is 45.1 Å². The molecule has 0 aliphatic carbocycles. The highest BCUT2D eigenvalue weighted by atomic mass is 32.2. The Hall–Kier alpha value is -2.02. The third kappa shape index (κ3) is 7.25. The number of Topliss-reactive ketones (excluding diaryl/α,β-unsaturated/α-hetero) is 1. The molecule has 1 aromatic carbocycles. The molecule has 7 heteroatoms. The van der Waals surface area contributed by atoms with Crippen LogP contribution in [-0.4, -0.2) is 48.9 Å². The molecule has 1 heterocycles. The van der Waals surface area contributed by atoms with E-state index in [1.807, 2.05) is 12.1 Å². The van der Waals surface area contributed by atoms with Crippen LogP contribution in [0.1, 0.15) is 39.0 Å². The quantitative estimate of drug-likeness (QED) is 0.398. The van der Waals surface area contributed by atoms with Gasteiger partial charge in [0.1, 0.15) is 16.5 Å². The van der Waals surface area contributed by atoms with Gasteiger partial charge in [-0.05, 0) is 30.7 Å². The molecule has 1 atom stereocenters. The molecule has 0 saturated carbocycles. The molecule has 1 aliphatic rings. The largest absolute Gasteiger partial charge is 0.494 e. The maximum Gasteiger partial charge on any atom is 0.331 e. The first-order chi connectivity index (χ1) is 13.1. The lowest BCUT2D eigenvalue weighted by Crippen LogP contribution is -2.21. The van der Waals surface area contributed by atoms with Crippen molar-refractivity contribution in [3.8, 4) is 11.5 Å². The van der Waals surface area contributed by atoms with Gasteiger partial charge in [0.25, 0.3) is 0 Å². The van der Waals surface area contributed by atoms with E-state index in [4.69, 9.17) is 9.47 Å². The van der Waals surface area contributed by atoms with Crippen LogP contribution in [0.3, 0.4) is 0 Å². The topological polar surface area (TPSA) is 74.2 Å². The van der Waals surface area contributed by atoms with Gasteiger partial charge in [-0.2, -0.15) is 0 Å². The molecule has 0 fully saturated rings. The molecular formula is C20H27NO5S. The molecule has 0 radical (unpaired) electrons. The summed E-state index contributed by atoms with van der Waals surface area (Å²) in [4.78, 5) is 27.7. The molecule has 148 valence electrons. The highest BCUT2D eigenvalue weighted by Gasteiger charge is 2.29. The standard InChI is InChI=1S/C20H27NO5S/c1-3-4-5-6-7-12-25-15-8-10-16(11-9-15)26-13-18(22)19-21-17(14-27-19)20(23)24-2/h8-11,17H,3-7,12-14H2,1-2H3. The molecule has 0 bridgehead atoms. The van der Waals surface area contributed by atoms with Gasteiger partial charge in [0, 0.05) is 5.75 Å². The highest BCUT2D eigenvalue weighted by molar-refractivity contribution is 8.16. The molecule has 0 saturated heterocycles. The fourth-order valence-corrected chi connectivity index (χ4v) is 3.47. The Morgan fingerprint density at radius 3 is 2.41 bits per heavy atom. The minimum Gasteiger partial charge on any atom is -0.494 e. The average molecular weight is 394 g/mol. The summed E-state index contributed by atoms with van der Waals surface area (Å²) in [6, 6.07) is 6.63. The summed E-state index contributed by atoms with van der Waals surface area (Å²) in [7, 11) is 1.31. The normalized spacial score (nSPS) is 15.9. The van der Waals surface area contributed by atoms with Gasteiger partial charge in [-0.3, -0.25) is 9.79 Å². The van der Waals surface area contributed by atoms with Crippen molar-refractivity contribution in [1.29, 1.82) is 0 Å². The number of aliphatic imine (C=N–C) groups is 1. The fourth-order valence-electron chi connectivity index (χ4n) is 2.52. The van der Waals surface area contributed by atoms with Crippen LogP contribution in [0.5, 0.6) is 11.5 Å². The average Bonchev–Trinajstić information content (AvgIpc) is 3.19. The lowest BCUT2D eigenvalue weighted by Gasteiger charge is -2.08. The number of carbonyl (C=O) groups excluding carboxylic acids is 2. The monoisotopic (exact) mass is 393 g/mol. The Kier molecular flexibility index (Phi) is 9.18. The first-order valence-electron chi connectivity index (χ1n) is 9.31. The van der Waals surface area contributed by atoms with Crippen LogP contribution in [0, 0.1) is 0 Å². The van der Waals surface area contributed by atoms with Crippen molar-refractivity contribution in [2.24, 2.45) is 4.99 Å². The summed E-state index contributed by atoms with van der Waals surface area (Å²) in [6.07, 6.45) is 6.02. The maximum atomic E-state index is 12.1. The number of ketones is 1. The number of methoxy groups -OCH3 is 1. The van der Waals surface area contributed by atoms with Gasteiger partial charge in [-0.15, -0.1) is 11.8 Å². The molecule has 1 unspecified atom stereocenters. The molecule has 0 amide bonds. The summed E-state index contributed by atoms with van der Waals surface area (Å²) in [6.45, 7) is 2.80. The maximum absolute atomic E-state index is 12.1. The summed E-state index contributed by atoms with van der Waals surface area (Å²) in [5.74, 6) is 1.15. The van der Waals surface area contributed by atoms with Crippen molar-refractivity contribution in [3.63, 3.8) is 0 Å². The lowest BCUT2D eigenvalue weighted by molar-refractivity contribution is -0.141. The Morgan fingerprint density at radius 2 is 1.74 bits per heavy atom. The van der Waals surface area contributed by atoms with E-state index in [-0.39, 0.29) is 12.4 Å². The second kappa shape index (κ2) is 11.6. The summed E-state index contributed by atoms with van der Waals surface area (Å²) in [5.41, 5.74) is 0. The number of hydrogen-bond acceptors (Lipinski definition) is 7. The second-order valence-corrected chi connectivity index (χ2v) is 7.24. The molecule has 0 aromatic heterocycles. The highest BCUT2D eigenvalue weighted by Crippen LogP contribution is 2.21. The van der Waals surface area contributed by atoms with Crippen LogP contribution in [0.2, 0.25) is 0 Å². The van der Waals surface area contributed by atoms with Crippen LogP contribution in [-0.2, 0) is 14.3 Å². The van der Waals surface area contributed by atoms with E-state index in [2.05, 4.69) is 16.7 Å². The third-order valence-corrected chi connectivity index (χ3v) is 5.16. The molecule has 0 spiro atoms. The molecular weight excluding hydrogens is 366 g/mol. The zero-order valence-electron chi connectivity index (χ0n) is 15.9. The molecule has 6 nitrogen and oxygen atoms in total. The molecule has 0 N–H and O–H groups in total. The number of esters is 1. The van der Waals surface area contributed by atoms with Crippen molar-refractivity contribution in [3.05, 3.63) is 24.3 Å². The van der Waals surface area contributed by atoms with E-state index in [1.54, 1.807) is 12.1 Å². The first kappa shape index (κ1) is 21.3. The Balaban J connectivity index is 1.70. The van der Waals surface area contributed by atoms with Crippen molar-refractivity contribution >= 4 is 28.6 Å². The molecule has 1 aliphatic heterocycles. The third-order valence-electron chi connectivity index (χ3n) is 4.07. The first-order valence-corrected chi connectivity index (χ1v) is 10.3.